The highest BCUT2D eigenvalue weighted by atomic mass is 16.6. The highest BCUT2D eigenvalue weighted by Gasteiger charge is 2.29. The highest BCUT2D eigenvalue weighted by Crippen LogP contribution is 2.19. The fourth-order valence-electron chi connectivity index (χ4n) is 9.14. The first-order valence-electron chi connectivity index (χ1n) is 42.6. The Kier molecular flexibility index (Phi) is 87.6. The van der Waals surface area contributed by atoms with E-state index in [0.717, 1.165) is 0 Å². The van der Waals surface area contributed by atoms with E-state index in [1.807, 2.05) is 0 Å². The summed E-state index contributed by atoms with van der Waals surface area (Å²) in [6, 6.07) is -4.00. The molecular formula is C80H150N26O28. The van der Waals surface area contributed by atoms with Gasteiger partial charge in [-0.1, -0.05) is 12.2 Å². The smallest absolute Gasteiger partial charge is 0.407 e. The van der Waals surface area contributed by atoms with Gasteiger partial charge in [0.2, 0.25) is 23.6 Å². The highest BCUT2D eigenvalue weighted by molar-refractivity contribution is 5.87. The Hall–Kier alpha value is -13.9. The summed E-state index contributed by atoms with van der Waals surface area (Å²) in [5.74, 6) is -6.77. The fraction of sp³-hybridized carbons (Fsp3) is 0.675. The van der Waals surface area contributed by atoms with Gasteiger partial charge < -0.3 is 168 Å². The molecule has 0 aromatic carbocycles. The van der Waals surface area contributed by atoms with Crippen molar-refractivity contribution in [2.75, 3.05) is 175 Å². The van der Waals surface area contributed by atoms with E-state index in [1.54, 1.807) is 28.2 Å². The molecule has 0 rings (SSSR count). The lowest BCUT2D eigenvalue weighted by Gasteiger charge is -2.18. The molecule has 54 nitrogen and oxygen atoms in total. The van der Waals surface area contributed by atoms with Gasteiger partial charge in [0.25, 0.3) is 0 Å². The molecule has 0 aromatic rings. The SMILES string of the molecule is C=CCOCC(COC(=O)CCCNC(=O)NC)OC(=O)NCCCC(=O)CC(CCCN=C(N)N)C(=O)OCCOC(=O)C(CCCN=C(N)N)NC(=O)NC.C=CCOCC(COC(=O)NCCCC(=O)CC(CCCN=C(N)N)C(=O)OCCOC(=O)C(CCCN=C(N)N)NC(=O)NC)OC(=O)CCCNC(=O)NC.CNC(C)=O.CNC(C)=O.CNC(C)=O.CNC(C)=O. The van der Waals surface area contributed by atoms with E-state index in [1.165, 1.54) is 68.0 Å². The lowest BCUT2D eigenvalue weighted by Crippen LogP contribution is -2.46. The number of ether oxygens (including phenoxy) is 10. The number of hydrogen-bond donors (Lipinski definition) is 22. The number of aliphatic imine (C=N–C) groups is 4. The molecular weight excluding hydrogens is 1770 g/mol. The third-order valence-electron chi connectivity index (χ3n) is 16.1. The van der Waals surface area contributed by atoms with Gasteiger partial charge in [-0.15, -0.1) is 13.2 Å². The van der Waals surface area contributed by atoms with Crippen molar-refractivity contribution >= 4 is 131 Å². The normalized spacial score (nSPS) is 11.1. The van der Waals surface area contributed by atoms with Crippen LogP contribution in [0.1, 0.15) is 143 Å². The largest absolute Gasteiger partial charge is 0.462 e. The number of Topliss-reactive ketones (excluding diaryl/α,β-unsaturated/α-hetero) is 2. The van der Waals surface area contributed by atoms with Gasteiger partial charge in [-0.2, -0.15) is 0 Å². The van der Waals surface area contributed by atoms with E-state index in [4.69, 9.17) is 93.2 Å². The molecule has 134 heavy (non-hydrogen) atoms. The Bertz CT molecular complexity index is 3510. The molecule has 0 spiro atoms. The molecule has 0 saturated carbocycles. The van der Waals surface area contributed by atoms with Crippen LogP contribution in [0.15, 0.2) is 45.3 Å². The van der Waals surface area contributed by atoms with Crippen LogP contribution in [0, 0.1) is 11.8 Å². The van der Waals surface area contributed by atoms with Crippen molar-refractivity contribution < 1.29 is 134 Å². The zero-order valence-corrected chi connectivity index (χ0v) is 79.3. The summed E-state index contributed by atoms with van der Waals surface area (Å²) in [6.45, 7) is 12.9. The second kappa shape index (κ2) is 89.7. The molecule has 0 heterocycles. The summed E-state index contributed by atoms with van der Waals surface area (Å²) >= 11 is 0. The van der Waals surface area contributed by atoms with Crippen LogP contribution in [-0.4, -0.2) is 330 Å². The molecule has 768 valence electrons. The van der Waals surface area contributed by atoms with E-state index in [0.29, 0.717) is 38.5 Å². The Morgan fingerprint density at radius 1 is 0.321 bits per heavy atom. The third kappa shape index (κ3) is 92.8. The average molecular weight is 1920 g/mol. The molecule has 54 heteroatoms. The molecule has 14 amide bonds. The summed E-state index contributed by atoms with van der Waals surface area (Å²) in [5.41, 5.74) is 42.7. The maximum absolute atomic E-state index is 13.0. The van der Waals surface area contributed by atoms with Gasteiger partial charge in [-0.25, -0.2) is 38.4 Å². The van der Waals surface area contributed by atoms with Crippen molar-refractivity contribution in [2.45, 2.75) is 168 Å². The number of esters is 6. The Labute approximate surface area is 781 Å². The first kappa shape index (κ1) is 131. The quantitative estimate of drug-likeness (QED) is 0.00685. The minimum atomic E-state index is -1.02. The number of alkyl carbamates (subject to hydrolysis) is 2. The molecule has 0 aliphatic carbocycles. The first-order valence-corrected chi connectivity index (χ1v) is 42.6. The Morgan fingerprint density at radius 2 is 0.612 bits per heavy atom. The van der Waals surface area contributed by atoms with E-state index >= 15 is 0 Å². The van der Waals surface area contributed by atoms with Gasteiger partial charge in [0.05, 0.1) is 38.3 Å². The fourth-order valence-corrected chi connectivity index (χ4v) is 9.14. The number of hydrogen-bond acceptors (Lipinski definition) is 32. The van der Waals surface area contributed by atoms with Crippen molar-refractivity contribution in [3.8, 4) is 0 Å². The molecule has 6 atom stereocenters. The van der Waals surface area contributed by atoms with Gasteiger partial charge in [0.1, 0.15) is 63.3 Å². The molecule has 0 aromatic heterocycles. The summed E-state index contributed by atoms with van der Waals surface area (Å²) in [4.78, 5) is 226. The van der Waals surface area contributed by atoms with Crippen LogP contribution in [0.2, 0.25) is 0 Å². The molecule has 0 aliphatic heterocycles. The van der Waals surface area contributed by atoms with Gasteiger partial charge in [-0.05, 0) is 77.0 Å². The number of carbonyl (C=O) groups excluding carboxylic acids is 18. The number of amides is 14. The van der Waals surface area contributed by atoms with E-state index in [-0.39, 0.29) is 267 Å². The van der Waals surface area contributed by atoms with E-state index in [2.05, 4.69) is 108 Å². The van der Waals surface area contributed by atoms with E-state index in [9.17, 15) is 86.3 Å². The second-order valence-electron chi connectivity index (χ2n) is 27.5. The van der Waals surface area contributed by atoms with Crippen molar-refractivity contribution in [2.24, 2.45) is 77.7 Å². The van der Waals surface area contributed by atoms with Crippen molar-refractivity contribution in [3.63, 3.8) is 0 Å². The standard InChI is InChI=1S/2C34H61N11O12.4C3H7NO/c1-4-17-53-21-25(57-27(47)12-8-15-43-32(50)39-2)22-56-34(52)44-16-6-10-24(46)20-23(9-5-13-41-30(35)36)28(48)54-18-19-55-29(49)26(45-33(51)40-3)11-7-14-42-31(37)38;1-4-17-53-21-25(22-56-27(47)12-8-15-43-32(50)39-2)57-34(52)44-16-6-10-24(46)20-23(9-5-13-41-30(35)36)28(48)54-18-19-55-29(49)26(45-33(51)40-3)11-7-14-42-31(37)38;4*1-3(5)4-2/h2*4,23,25-26H,1,5-22H2,2-3H3,(H,44,52)(H4,35,36,41)(H4,37,38,42)(H2,39,43,50)(H2,40,45,51);4*1-2H3,(H,4,5). The zero-order chi connectivity index (χ0) is 103. The van der Waals surface area contributed by atoms with Crippen molar-refractivity contribution in [3.05, 3.63) is 25.3 Å². The summed E-state index contributed by atoms with van der Waals surface area (Å²) < 4.78 is 52.7. The Morgan fingerprint density at radius 3 is 0.933 bits per heavy atom. The summed E-state index contributed by atoms with van der Waals surface area (Å²) in [6.07, 6.45) is 2.59. The Balaban J connectivity index is -0.000000505. The lowest BCUT2D eigenvalue weighted by atomic mass is 9.95. The van der Waals surface area contributed by atoms with Crippen LogP contribution in [0.3, 0.4) is 0 Å². The van der Waals surface area contributed by atoms with Crippen LogP contribution in [0.25, 0.3) is 0 Å². The topological polar surface area (TPSA) is 826 Å². The number of guanidine groups is 4. The predicted octanol–water partition coefficient (Wildman–Crippen LogP) is -4.22. The zero-order valence-electron chi connectivity index (χ0n) is 79.3. The minimum absolute atomic E-state index is 0.00463. The molecule has 0 saturated heterocycles. The molecule has 0 radical (unpaired) electrons. The number of rotatable bonds is 62. The summed E-state index contributed by atoms with van der Waals surface area (Å²) in [7, 11) is 12.1. The van der Waals surface area contributed by atoms with Crippen LogP contribution in [0.5, 0.6) is 0 Å². The van der Waals surface area contributed by atoms with Crippen molar-refractivity contribution in [1.82, 2.24) is 74.4 Å². The molecule has 6 unspecified atom stereocenters. The molecule has 0 bridgehead atoms. The van der Waals surface area contributed by atoms with Gasteiger partial charge in [0.15, 0.2) is 36.0 Å². The second-order valence-corrected chi connectivity index (χ2v) is 27.5. The molecule has 30 N–H and O–H groups in total. The number of ketones is 2. The predicted molar refractivity (Wildman–Crippen MR) is 494 cm³/mol. The average Bonchev–Trinajstić information content (AvgIpc) is 0.907. The van der Waals surface area contributed by atoms with Crippen LogP contribution in [0.4, 0.5) is 28.8 Å². The van der Waals surface area contributed by atoms with Gasteiger partial charge in [-0.3, -0.25) is 67.9 Å². The lowest BCUT2D eigenvalue weighted by molar-refractivity contribution is -0.157. The van der Waals surface area contributed by atoms with Crippen LogP contribution in [-0.2, 0) is 105 Å². The molecule has 0 fully saturated rings. The third-order valence-corrected chi connectivity index (χ3v) is 16.1. The van der Waals surface area contributed by atoms with Crippen molar-refractivity contribution in [1.29, 1.82) is 0 Å². The minimum Gasteiger partial charge on any atom is -0.462 e. The van der Waals surface area contributed by atoms with Crippen LogP contribution >= 0.6 is 0 Å². The molecule has 0 aliphatic rings. The number of nitrogens with two attached hydrogens (primary N) is 8. The number of carbonyl (C=O) groups is 18. The first-order chi connectivity index (χ1) is 63.5. The van der Waals surface area contributed by atoms with Gasteiger partial charge in [0, 0.05) is 175 Å². The summed E-state index contributed by atoms with van der Waals surface area (Å²) in [5, 5.41) is 34.1. The number of nitrogens with one attached hydrogen (secondary N) is 14. The van der Waals surface area contributed by atoms with Gasteiger partial charge >= 0.3 is 72.1 Å². The number of urea groups is 4. The van der Waals surface area contributed by atoms with Crippen LogP contribution < -0.4 is 120 Å². The number of nitrogens with zero attached hydrogens (tertiary/aromatic N) is 4. The maximum Gasteiger partial charge on any atom is 0.407 e. The van der Waals surface area contributed by atoms with E-state index < -0.39 is 96.2 Å². The maximum atomic E-state index is 13.0. The monoisotopic (exact) mass is 1920 g/mol.